The number of likely N-dealkylation sites (N-methyl/N-ethyl adjacent to an activating group) is 2. The lowest BCUT2D eigenvalue weighted by molar-refractivity contribution is -0.590. The van der Waals surface area contributed by atoms with Gasteiger partial charge < -0.3 is 15.7 Å². The van der Waals surface area contributed by atoms with Crippen LogP contribution < -0.4 is 16.8 Å². The number of nitrogens with two attached hydrogens (primary N) is 2. The highest BCUT2D eigenvalue weighted by Gasteiger charge is 2.85. The van der Waals surface area contributed by atoms with Crippen LogP contribution in [0.5, 0.6) is 0 Å². The summed E-state index contributed by atoms with van der Waals surface area (Å²) in [6, 6.07) is 13.7. The van der Waals surface area contributed by atoms with Crippen molar-refractivity contribution >= 4 is 61.5 Å². The summed E-state index contributed by atoms with van der Waals surface area (Å²) in [5, 5.41) is 4.54. The van der Waals surface area contributed by atoms with Gasteiger partial charge in [0.1, 0.15) is 0 Å². The van der Waals surface area contributed by atoms with Gasteiger partial charge in [0.15, 0.2) is 11.5 Å². The summed E-state index contributed by atoms with van der Waals surface area (Å²) in [7, 11) is 3.47. The van der Waals surface area contributed by atoms with Crippen molar-refractivity contribution in [3.05, 3.63) is 70.5 Å². The number of carbonyl (C=O) groups is 2. The predicted octanol–water partition coefficient (Wildman–Crippen LogP) is 1.64. The van der Waals surface area contributed by atoms with Gasteiger partial charge in [-0.05, 0) is 29.3 Å². The van der Waals surface area contributed by atoms with Gasteiger partial charge in [0.05, 0.1) is 25.9 Å². The molecule has 2 aliphatic heterocycles. The molecule has 0 bridgehead atoms. The van der Waals surface area contributed by atoms with Crippen molar-refractivity contribution in [2.24, 2.45) is 16.5 Å². The van der Waals surface area contributed by atoms with Gasteiger partial charge in [0.2, 0.25) is 5.54 Å². The maximum Gasteiger partial charge on any atom is 0.353 e. The standard InChI is InChI=1S/C26H23BrN8O2/c1-34-22(37)26(35(2)24(34)29)19(15-10-30-17-6-4-3-5-13(15)17)25(21(36)32-23(28)33-25)20(26)16-11-31-18-9-12(27)7-8-14(16)18/h3-11,19-20,29-31H,1-2H3,(H3,28,32,33,36)/p+1/t19-,20+,25?,26+/m1/s1. The average molecular weight is 560 g/mol. The smallest absolute Gasteiger partial charge is 0.353 e. The van der Waals surface area contributed by atoms with E-state index in [1.165, 1.54) is 4.90 Å². The third kappa shape index (κ3) is 2.40. The average Bonchev–Trinajstić information content (AvgIpc) is 3.59. The van der Waals surface area contributed by atoms with E-state index in [0.29, 0.717) is 5.96 Å². The lowest BCUT2D eigenvalue weighted by atomic mass is 9.43. The van der Waals surface area contributed by atoms with Crippen molar-refractivity contribution in [2.45, 2.75) is 22.9 Å². The Balaban J connectivity index is 1.60. The number of hydrogen-bond donors (Lipinski definition) is 5. The summed E-state index contributed by atoms with van der Waals surface area (Å²) >= 11 is 3.53. The molecule has 7 N–H and O–H groups in total. The van der Waals surface area contributed by atoms with E-state index in [9.17, 15) is 9.59 Å². The zero-order chi connectivity index (χ0) is 25.9. The molecular weight excluding hydrogens is 536 g/mol. The van der Waals surface area contributed by atoms with Crippen molar-refractivity contribution in [1.29, 1.82) is 0 Å². The molecule has 0 radical (unpaired) electrons. The summed E-state index contributed by atoms with van der Waals surface area (Å²) in [5.41, 5.74) is 13.4. The Morgan fingerprint density at radius 3 is 2.27 bits per heavy atom. The Bertz CT molecular complexity index is 1750. The molecule has 11 heteroatoms. The molecule has 1 unspecified atom stereocenters. The fraction of sp³-hybridized carbons (Fsp3) is 0.231. The van der Waals surface area contributed by atoms with Gasteiger partial charge in [-0.15, -0.1) is 0 Å². The Morgan fingerprint density at radius 2 is 1.65 bits per heavy atom. The van der Waals surface area contributed by atoms with E-state index < -0.39 is 22.9 Å². The Morgan fingerprint density at radius 1 is 1.00 bits per heavy atom. The minimum Gasteiger partial charge on any atom is -0.370 e. The van der Waals surface area contributed by atoms with Crippen LogP contribution in [0.3, 0.4) is 0 Å². The number of nitrogens with zero attached hydrogens (tertiary/aromatic N) is 3. The highest BCUT2D eigenvalue weighted by atomic mass is 79.9. The number of guanidine groups is 2. The van der Waals surface area contributed by atoms with Crippen LogP contribution in [0, 0.1) is 0 Å². The first-order valence-electron chi connectivity index (χ1n) is 11.9. The van der Waals surface area contributed by atoms with Crippen LogP contribution in [-0.4, -0.2) is 68.4 Å². The number of benzene rings is 2. The van der Waals surface area contributed by atoms with E-state index in [1.807, 2.05) is 66.5 Å². The number of H-pyrrole nitrogens is 2. The van der Waals surface area contributed by atoms with E-state index in [4.69, 9.17) is 16.5 Å². The number of aliphatic imine (C=N–C) groups is 1. The van der Waals surface area contributed by atoms with Crippen molar-refractivity contribution in [1.82, 2.24) is 20.2 Å². The van der Waals surface area contributed by atoms with Crippen LogP contribution in [0.25, 0.3) is 21.8 Å². The van der Waals surface area contributed by atoms with E-state index >= 15 is 0 Å². The lowest BCUT2D eigenvalue weighted by Crippen LogP contribution is -2.78. The van der Waals surface area contributed by atoms with E-state index in [-0.39, 0.29) is 17.8 Å². The van der Waals surface area contributed by atoms with Crippen LogP contribution in [-0.2, 0) is 9.59 Å². The van der Waals surface area contributed by atoms with Gasteiger partial charge >= 0.3 is 11.9 Å². The number of rotatable bonds is 2. The number of hydrogen-bond acceptors (Lipinski definition) is 5. The molecule has 2 aromatic carbocycles. The highest BCUT2D eigenvalue weighted by Crippen LogP contribution is 2.69. The number of fused-ring (bicyclic) bond motifs is 2. The number of carbonyl (C=O) groups excluding carboxylic acids is 2. The minimum absolute atomic E-state index is 0.0377. The number of nitrogens with one attached hydrogen (secondary N) is 3. The zero-order valence-electron chi connectivity index (χ0n) is 20.0. The van der Waals surface area contributed by atoms with Gasteiger partial charge in [-0.1, -0.05) is 40.2 Å². The van der Waals surface area contributed by atoms with Crippen LogP contribution in [0.2, 0.25) is 0 Å². The molecule has 4 aromatic rings. The number of aromatic amines is 2. The van der Waals surface area contributed by atoms with Crippen LogP contribution in [0.4, 0.5) is 0 Å². The molecule has 1 fully saturated rings. The Kier molecular flexibility index (Phi) is 4.18. The Labute approximate surface area is 219 Å². The first-order chi connectivity index (χ1) is 17.7. The third-order valence-electron chi connectivity index (χ3n) is 8.48. The summed E-state index contributed by atoms with van der Waals surface area (Å²) in [5.74, 6) is -1.54. The summed E-state index contributed by atoms with van der Waals surface area (Å²) in [4.78, 5) is 41.2. The SMILES string of the molecule is CN1C(=O)[C@@]2([C@H](c3c[nH]c4ccccc34)C3(N=C(N)NC3=O)[C@@H]2c2c[nH]c3cc(Br)ccc23)[N+](C)=C1N. The molecule has 37 heavy (non-hydrogen) atoms. The minimum atomic E-state index is -1.37. The molecule has 7 rings (SSSR count). The molecule has 4 atom stereocenters. The maximum absolute atomic E-state index is 14.3. The quantitative estimate of drug-likeness (QED) is 0.237. The first kappa shape index (κ1) is 22.1. The maximum atomic E-state index is 14.3. The van der Waals surface area contributed by atoms with E-state index in [2.05, 4.69) is 31.2 Å². The molecule has 2 spiro atoms. The third-order valence-corrected chi connectivity index (χ3v) is 8.97. The molecule has 4 heterocycles. The van der Waals surface area contributed by atoms with Crippen LogP contribution >= 0.6 is 15.9 Å². The van der Waals surface area contributed by atoms with Gasteiger partial charge in [-0.3, -0.25) is 20.6 Å². The molecule has 1 saturated carbocycles. The van der Waals surface area contributed by atoms with Gasteiger partial charge in [-0.25, -0.2) is 14.5 Å². The summed E-state index contributed by atoms with van der Waals surface area (Å²) in [6.45, 7) is 0. The van der Waals surface area contributed by atoms with Crippen LogP contribution in [0.1, 0.15) is 23.0 Å². The largest absolute Gasteiger partial charge is 0.370 e. The topological polar surface area (TPSA) is 148 Å². The number of amides is 2. The van der Waals surface area contributed by atoms with Crippen molar-refractivity contribution in [2.75, 3.05) is 14.1 Å². The summed E-state index contributed by atoms with van der Waals surface area (Å²) in [6.07, 6.45) is 3.73. The monoisotopic (exact) mass is 559 g/mol. The molecule has 186 valence electrons. The molecule has 2 amide bonds. The number of para-hydroxylation sites is 1. The first-order valence-corrected chi connectivity index (χ1v) is 12.7. The molecule has 2 aromatic heterocycles. The lowest BCUT2D eigenvalue weighted by Gasteiger charge is -2.59. The van der Waals surface area contributed by atoms with Crippen LogP contribution in [0.15, 0.2) is 64.3 Å². The zero-order valence-corrected chi connectivity index (χ0v) is 21.6. The molecule has 0 saturated heterocycles. The molecule has 3 aliphatic rings. The highest BCUT2D eigenvalue weighted by molar-refractivity contribution is 9.10. The fourth-order valence-corrected chi connectivity index (χ4v) is 7.36. The summed E-state index contributed by atoms with van der Waals surface area (Å²) < 4.78 is 2.72. The second-order valence-corrected chi connectivity index (χ2v) is 10.9. The van der Waals surface area contributed by atoms with Crippen molar-refractivity contribution in [3.8, 4) is 0 Å². The Hall–Kier alpha value is -4.12. The van der Waals surface area contributed by atoms with Crippen molar-refractivity contribution < 1.29 is 14.2 Å². The van der Waals surface area contributed by atoms with E-state index in [1.54, 1.807) is 7.05 Å². The van der Waals surface area contributed by atoms with Gasteiger partial charge in [-0.2, -0.15) is 0 Å². The van der Waals surface area contributed by atoms with Gasteiger partial charge in [0.25, 0.3) is 5.91 Å². The molecule has 1 aliphatic carbocycles. The predicted molar refractivity (Wildman–Crippen MR) is 143 cm³/mol. The number of halogens is 1. The molecule has 10 nitrogen and oxygen atoms in total. The second-order valence-electron chi connectivity index (χ2n) is 9.97. The molecular formula is C26H24BrN8O2+. The van der Waals surface area contributed by atoms with Crippen molar-refractivity contribution in [3.63, 3.8) is 0 Å². The normalized spacial score (nSPS) is 29.2. The number of aromatic nitrogens is 2. The van der Waals surface area contributed by atoms with E-state index in [0.717, 1.165) is 37.4 Å². The second kappa shape index (κ2) is 7.00. The van der Waals surface area contributed by atoms with Gasteiger partial charge in [0, 0.05) is 38.7 Å². The fourth-order valence-electron chi connectivity index (χ4n) is 7.00.